The molecular formula is C39H43F2N5O5. The fourth-order valence-electron chi connectivity index (χ4n) is 7.60. The number of nitrogens with one attached hydrogen (secondary N) is 1. The summed E-state index contributed by atoms with van der Waals surface area (Å²) in [5, 5.41) is 3.71. The van der Waals surface area contributed by atoms with Crippen molar-refractivity contribution in [3.05, 3.63) is 102 Å². The van der Waals surface area contributed by atoms with Crippen molar-refractivity contribution >= 4 is 22.9 Å². The van der Waals surface area contributed by atoms with Gasteiger partial charge in [0, 0.05) is 43.2 Å². The number of amides is 1. The third-order valence-electron chi connectivity index (χ3n) is 10.5. The van der Waals surface area contributed by atoms with Crippen LogP contribution in [0.2, 0.25) is 0 Å². The number of piperidine rings is 1. The van der Waals surface area contributed by atoms with Crippen molar-refractivity contribution < 1.29 is 32.2 Å². The number of nitrogens with zero attached hydrogens (tertiary/aromatic N) is 4. The number of hydrogen-bond donors (Lipinski definition) is 1. The van der Waals surface area contributed by atoms with E-state index in [1.807, 2.05) is 30.3 Å². The van der Waals surface area contributed by atoms with Crippen molar-refractivity contribution in [1.82, 2.24) is 19.4 Å². The molecule has 10 nitrogen and oxygen atoms in total. The van der Waals surface area contributed by atoms with Crippen molar-refractivity contribution in [3.63, 3.8) is 0 Å². The summed E-state index contributed by atoms with van der Waals surface area (Å²) in [4.78, 5) is 23.0. The van der Waals surface area contributed by atoms with E-state index in [-0.39, 0.29) is 11.9 Å². The first-order valence-corrected chi connectivity index (χ1v) is 17.3. The molecule has 7 rings (SSSR count). The summed E-state index contributed by atoms with van der Waals surface area (Å²) in [5.74, 6) is 0.908. The summed E-state index contributed by atoms with van der Waals surface area (Å²) in [6, 6.07) is 19.7. The highest BCUT2D eigenvalue weighted by Gasteiger charge is 2.42. The molecule has 0 spiro atoms. The lowest BCUT2D eigenvalue weighted by Gasteiger charge is -2.36. The van der Waals surface area contributed by atoms with E-state index in [1.54, 1.807) is 29.4 Å². The first-order valence-electron chi connectivity index (χ1n) is 17.3. The Labute approximate surface area is 295 Å². The summed E-state index contributed by atoms with van der Waals surface area (Å²) >= 11 is 0. The van der Waals surface area contributed by atoms with Gasteiger partial charge in [-0.25, -0.2) is 13.8 Å². The average Bonchev–Trinajstić information content (AvgIpc) is 3.92. The number of anilines is 1. The van der Waals surface area contributed by atoms with E-state index in [9.17, 15) is 13.6 Å². The van der Waals surface area contributed by atoms with Gasteiger partial charge in [0.1, 0.15) is 5.76 Å². The highest BCUT2D eigenvalue weighted by Crippen LogP contribution is 2.42. The Hall–Kier alpha value is -5.10. The Kier molecular flexibility index (Phi) is 9.86. The molecule has 1 amide bonds. The number of halogens is 2. The molecule has 2 aromatic heterocycles. The highest BCUT2D eigenvalue weighted by atomic mass is 19.2. The largest absolute Gasteiger partial charge is 0.493 e. The van der Waals surface area contributed by atoms with Crippen LogP contribution in [0.3, 0.4) is 0 Å². The van der Waals surface area contributed by atoms with Crippen LogP contribution in [0.1, 0.15) is 47.4 Å². The summed E-state index contributed by atoms with van der Waals surface area (Å²) in [6.45, 7) is 3.93. The number of fused-ring (bicyclic) bond motifs is 1. The van der Waals surface area contributed by atoms with Crippen LogP contribution in [0.25, 0.3) is 11.0 Å². The zero-order chi connectivity index (χ0) is 35.5. The zero-order valence-electron chi connectivity index (χ0n) is 29.2. The van der Waals surface area contributed by atoms with Gasteiger partial charge in [-0.05, 0) is 86.3 Å². The van der Waals surface area contributed by atoms with E-state index < -0.39 is 17.0 Å². The molecule has 3 aromatic carbocycles. The molecule has 51 heavy (non-hydrogen) atoms. The topological polar surface area (TPSA) is 94.2 Å². The molecule has 1 N–H and O–H groups in total. The summed E-state index contributed by atoms with van der Waals surface area (Å²) < 4.78 is 53.0. The van der Waals surface area contributed by atoms with Crippen molar-refractivity contribution in [1.29, 1.82) is 0 Å². The number of rotatable bonds is 12. The molecule has 1 atom stereocenters. The number of carbonyl (C=O) groups excluding carboxylic acids is 1. The molecule has 268 valence electrons. The van der Waals surface area contributed by atoms with E-state index in [0.717, 1.165) is 55.2 Å². The van der Waals surface area contributed by atoms with Crippen LogP contribution in [0.15, 0.2) is 77.4 Å². The normalized spacial score (nSPS) is 18.3. The average molecular weight is 700 g/mol. The lowest BCUT2D eigenvalue weighted by atomic mass is 9.76. The Morgan fingerprint density at radius 2 is 1.71 bits per heavy atom. The number of methoxy groups -OCH3 is 3. The van der Waals surface area contributed by atoms with Crippen molar-refractivity contribution in [2.75, 3.05) is 59.4 Å². The van der Waals surface area contributed by atoms with Crippen molar-refractivity contribution in [2.24, 2.45) is 0 Å². The van der Waals surface area contributed by atoms with Crippen molar-refractivity contribution in [3.8, 4) is 17.2 Å². The molecular weight excluding hydrogens is 656 g/mol. The third-order valence-corrected chi connectivity index (χ3v) is 10.5. The van der Waals surface area contributed by atoms with E-state index in [4.69, 9.17) is 23.6 Å². The number of ether oxygens (including phenoxy) is 3. The van der Waals surface area contributed by atoms with Gasteiger partial charge in [0.05, 0.1) is 45.2 Å². The molecule has 2 aliphatic heterocycles. The Morgan fingerprint density at radius 3 is 2.39 bits per heavy atom. The number of furan rings is 1. The Balaban J connectivity index is 1.04. The summed E-state index contributed by atoms with van der Waals surface area (Å²) in [7, 11) is 4.53. The number of likely N-dealkylation sites (tertiary alicyclic amines) is 2. The molecule has 0 saturated carbocycles. The minimum absolute atomic E-state index is 0.191. The summed E-state index contributed by atoms with van der Waals surface area (Å²) in [6.07, 6.45) is 4.85. The molecule has 12 heteroatoms. The second-order valence-corrected chi connectivity index (χ2v) is 13.4. The predicted molar refractivity (Wildman–Crippen MR) is 190 cm³/mol. The lowest BCUT2D eigenvalue weighted by molar-refractivity contribution is 0.0779. The van der Waals surface area contributed by atoms with Crippen LogP contribution < -0.4 is 19.5 Å². The van der Waals surface area contributed by atoms with Gasteiger partial charge in [-0.15, -0.1) is 0 Å². The smallest absolute Gasteiger partial charge is 0.254 e. The maximum Gasteiger partial charge on any atom is 0.254 e. The van der Waals surface area contributed by atoms with Gasteiger partial charge in [-0.2, -0.15) is 0 Å². The first-order chi connectivity index (χ1) is 24.8. The molecule has 0 radical (unpaired) electrons. The SMILES string of the molecule is COc1cc(C(=O)N2CCC(CCN3CCC(Nc4nc5ccccc5n4Cc4ccco4)CC3)(c3ccc(F)c(F)c3)C2)cc(OC)c1OC. The fraction of sp³-hybridized carbons (Fsp3) is 0.385. The molecule has 5 aromatic rings. The van der Waals surface area contributed by atoms with Gasteiger partial charge in [-0.1, -0.05) is 18.2 Å². The monoisotopic (exact) mass is 699 g/mol. The first kappa shape index (κ1) is 34.4. The van der Waals surface area contributed by atoms with Crippen LogP contribution in [0, 0.1) is 11.6 Å². The molecule has 1 unspecified atom stereocenters. The van der Waals surface area contributed by atoms with E-state index in [2.05, 4.69) is 20.9 Å². The van der Waals surface area contributed by atoms with Crippen LogP contribution >= 0.6 is 0 Å². The second-order valence-electron chi connectivity index (χ2n) is 13.4. The molecule has 2 fully saturated rings. The third kappa shape index (κ3) is 6.97. The van der Waals surface area contributed by atoms with Gasteiger partial charge in [-0.3, -0.25) is 4.79 Å². The van der Waals surface area contributed by atoms with Gasteiger partial charge in [0.2, 0.25) is 11.7 Å². The molecule has 0 bridgehead atoms. The Morgan fingerprint density at radius 1 is 0.941 bits per heavy atom. The van der Waals surface area contributed by atoms with Crippen molar-refractivity contribution in [2.45, 2.75) is 43.7 Å². The summed E-state index contributed by atoms with van der Waals surface area (Å²) in [5.41, 5.74) is 2.54. The van der Waals surface area contributed by atoms with Crippen LogP contribution in [0.5, 0.6) is 17.2 Å². The molecule has 0 aliphatic carbocycles. The standard InChI is InChI=1S/C39H43F2N5O5/c1-48-34-21-26(22-35(49-2)36(34)50-3)37(47)45-19-15-39(25-45,27-10-11-30(40)31(41)23-27)14-18-44-16-12-28(13-17-44)42-38-43-32-8-4-5-9-33(32)46(38)24-29-7-6-20-51-29/h4-11,20-23,28H,12-19,24-25H2,1-3H3,(H,42,43). The van der Waals surface area contributed by atoms with Crippen LogP contribution in [-0.2, 0) is 12.0 Å². The maximum absolute atomic E-state index is 14.7. The number of aromatic nitrogens is 2. The number of para-hydroxylation sites is 2. The maximum atomic E-state index is 14.7. The predicted octanol–water partition coefficient (Wildman–Crippen LogP) is 6.73. The Bertz CT molecular complexity index is 1970. The zero-order valence-corrected chi connectivity index (χ0v) is 29.2. The fourth-order valence-corrected chi connectivity index (χ4v) is 7.60. The van der Waals surface area contributed by atoms with E-state index in [1.165, 1.54) is 33.5 Å². The highest BCUT2D eigenvalue weighted by molar-refractivity contribution is 5.96. The van der Waals surface area contributed by atoms with Crippen LogP contribution in [0.4, 0.5) is 14.7 Å². The van der Waals surface area contributed by atoms with Gasteiger partial charge in [0.25, 0.3) is 5.91 Å². The van der Waals surface area contributed by atoms with Gasteiger partial charge < -0.3 is 38.3 Å². The van der Waals surface area contributed by atoms with E-state index in [0.29, 0.717) is 60.9 Å². The van der Waals surface area contributed by atoms with Gasteiger partial charge in [0.15, 0.2) is 23.1 Å². The second kappa shape index (κ2) is 14.6. The number of carbonyl (C=O) groups is 1. The number of hydrogen-bond acceptors (Lipinski definition) is 8. The number of imidazole rings is 1. The molecule has 4 heterocycles. The van der Waals surface area contributed by atoms with Gasteiger partial charge >= 0.3 is 0 Å². The minimum atomic E-state index is -0.885. The number of benzene rings is 3. The van der Waals surface area contributed by atoms with Crippen LogP contribution in [-0.4, -0.2) is 85.4 Å². The molecule has 2 aliphatic rings. The lowest BCUT2D eigenvalue weighted by Crippen LogP contribution is -2.42. The quantitative estimate of drug-likeness (QED) is 0.153. The minimum Gasteiger partial charge on any atom is -0.493 e. The van der Waals surface area contributed by atoms with E-state index >= 15 is 0 Å². The molecule has 2 saturated heterocycles.